The molecule has 0 unspecified atom stereocenters. The van der Waals surface area contributed by atoms with E-state index in [1.807, 2.05) is 13.0 Å². The maximum Gasteiger partial charge on any atom is 0.192 e. The fourth-order valence-corrected chi connectivity index (χ4v) is 5.41. The molecular formula is C19H38BClO3Si2. The van der Waals surface area contributed by atoms with Crippen LogP contribution in [0.25, 0.3) is 0 Å². The summed E-state index contributed by atoms with van der Waals surface area (Å²) in [5.41, 5.74) is 0.785. The molecule has 0 amide bonds. The highest BCUT2D eigenvalue weighted by Gasteiger charge is 2.56. The fraction of sp³-hybridized carbons (Fsp3) is 0.895. The molecule has 0 saturated carbocycles. The van der Waals surface area contributed by atoms with Crippen molar-refractivity contribution >= 4 is 36.1 Å². The van der Waals surface area contributed by atoms with E-state index in [1.165, 1.54) is 5.54 Å². The zero-order chi connectivity index (χ0) is 20.8. The van der Waals surface area contributed by atoms with Crippen molar-refractivity contribution in [1.82, 2.24) is 0 Å². The van der Waals surface area contributed by atoms with Crippen molar-refractivity contribution in [2.24, 2.45) is 0 Å². The van der Waals surface area contributed by atoms with Gasteiger partial charge in [-0.3, -0.25) is 0 Å². The van der Waals surface area contributed by atoms with Gasteiger partial charge >= 0.3 is 0 Å². The van der Waals surface area contributed by atoms with Crippen molar-refractivity contribution in [2.45, 2.75) is 109 Å². The average Bonchev–Trinajstić information content (AvgIpc) is 2.59. The lowest BCUT2D eigenvalue weighted by atomic mass is 9.90. The van der Waals surface area contributed by atoms with Gasteiger partial charge in [0.05, 0.1) is 6.10 Å². The first-order valence-electron chi connectivity index (χ1n) is 9.45. The highest BCUT2D eigenvalue weighted by Crippen LogP contribution is 2.46. The van der Waals surface area contributed by atoms with E-state index in [4.69, 9.17) is 33.0 Å². The minimum absolute atomic E-state index is 0.0762. The molecule has 2 radical (unpaired) electrons. The number of ether oxygens (including phenoxy) is 1. The molecule has 1 aliphatic heterocycles. The number of rotatable bonds is 5. The molecule has 1 aliphatic rings. The van der Waals surface area contributed by atoms with E-state index in [1.54, 1.807) is 0 Å². The summed E-state index contributed by atoms with van der Waals surface area (Å²) in [5, 5.41) is 0.155. The third-order valence-corrected chi connectivity index (χ3v) is 15.5. The minimum Gasteiger partial charge on any atom is -0.409 e. The van der Waals surface area contributed by atoms with Crippen LogP contribution in [-0.2, 0) is 13.6 Å². The summed E-state index contributed by atoms with van der Waals surface area (Å²) in [5.74, 6) is 0. The van der Waals surface area contributed by atoms with Crippen LogP contribution in [0, 0.1) is 0 Å². The van der Waals surface area contributed by atoms with Crippen molar-refractivity contribution in [3.05, 3.63) is 11.6 Å². The molecule has 0 spiro atoms. The zero-order valence-corrected chi connectivity index (χ0v) is 21.3. The maximum atomic E-state index is 6.79. The smallest absolute Gasteiger partial charge is 0.192 e. The second-order valence-corrected chi connectivity index (χ2v) is 20.5. The van der Waals surface area contributed by atoms with E-state index in [-0.39, 0.29) is 22.3 Å². The van der Waals surface area contributed by atoms with E-state index >= 15 is 0 Å². The van der Waals surface area contributed by atoms with Crippen molar-refractivity contribution in [3.8, 4) is 0 Å². The predicted molar refractivity (Wildman–Crippen MR) is 118 cm³/mol. The summed E-state index contributed by atoms with van der Waals surface area (Å²) in [4.78, 5) is 0. The van der Waals surface area contributed by atoms with Crippen LogP contribution in [0.4, 0.5) is 0 Å². The van der Waals surface area contributed by atoms with E-state index in [2.05, 4.69) is 67.7 Å². The Hall–Kier alpha value is 0.409. The van der Waals surface area contributed by atoms with Crippen molar-refractivity contribution < 1.29 is 13.6 Å². The third kappa shape index (κ3) is 5.06. The van der Waals surface area contributed by atoms with Gasteiger partial charge in [-0.15, -0.1) is 0 Å². The minimum atomic E-state index is -2.06. The Morgan fingerprint density at radius 1 is 0.962 bits per heavy atom. The van der Waals surface area contributed by atoms with E-state index in [0.717, 1.165) is 0 Å². The molecular weight excluding hydrogens is 379 g/mol. The SMILES string of the molecule is [B][C@@H]1O[C@@](C)(/C=C\Cl)[C@@H](O[Si](C)(C)C(C)(C)C)[C@H]1O[Si](C)(C)C(C)(C)C. The van der Waals surface area contributed by atoms with Crippen LogP contribution in [0.15, 0.2) is 11.6 Å². The second-order valence-electron chi connectivity index (χ2n) is 10.7. The molecule has 1 fully saturated rings. The lowest BCUT2D eigenvalue weighted by molar-refractivity contribution is -0.0131. The molecule has 0 N–H and O–H groups in total. The summed E-state index contributed by atoms with van der Waals surface area (Å²) >= 11 is 5.92. The Bertz CT molecular complexity index is 526. The van der Waals surface area contributed by atoms with Gasteiger partial charge in [0.1, 0.15) is 19.6 Å². The van der Waals surface area contributed by atoms with Crippen LogP contribution in [-0.4, -0.2) is 48.3 Å². The Labute approximate surface area is 169 Å². The highest BCUT2D eigenvalue weighted by atomic mass is 35.5. The van der Waals surface area contributed by atoms with Gasteiger partial charge in [0, 0.05) is 11.5 Å². The molecule has 0 aromatic rings. The first kappa shape index (κ1) is 24.4. The van der Waals surface area contributed by atoms with Gasteiger partial charge in [-0.1, -0.05) is 53.1 Å². The molecule has 0 bridgehead atoms. The third-order valence-electron chi connectivity index (χ3n) is 6.44. The van der Waals surface area contributed by atoms with Crippen LogP contribution >= 0.6 is 11.6 Å². The molecule has 0 aliphatic carbocycles. The van der Waals surface area contributed by atoms with Gasteiger partial charge in [-0.2, -0.15) is 0 Å². The van der Waals surface area contributed by atoms with E-state index in [0.29, 0.717) is 0 Å². The fourth-order valence-electron chi connectivity index (χ4n) is 2.51. The first-order chi connectivity index (χ1) is 11.4. The molecule has 150 valence electrons. The quantitative estimate of drug-likeness (QED) is 0.530. The lowest BCUT2D eigenvalue weighted by Gasteiger charge is -2.45. The predicted octanol–water partition coefficient (Wildman–Crippen LogP) is 5.80. The van der Waals surface area contributed by atoms with Gasteiger partial charge in [-0.05, 0) is 49.3 Å². The normalized spacial score (nSPS) is 31.8. The molecule has 1 rings (SSSR count). The Morgan fingerprint density at radius 2 is 1.38 bits per heavy atom. The summed E-state index contributed by atoms with van der Waals surface area (Å²) in [6, 6.07) is -0.545. The molecule has 1 saturated heterocycles. The van der Waals surface area contributed by atoms with Crippen molar-refractivity contribution in [2.75, 3.05) is 0 Å². The molecule has 0 aromatic carbocycles. The molecule has 26 heavy (non-hydrogen) atoms. The standard InChI is InChI=1S/C19H38BClO3Si2/c1-17(2,3)25(8,9)23-14-15(24-26(10,11)18(4,5)6)19(7,12-13-21)22-16(14)20/h12-16H,1-11H3/b13-12-/t14-,15+,16-,19+/m1/s1. The number of hydrogen-bond acceptors (Lipinski definition) is 3. The Morgan fingerprint density at radius 3 is 1.77 bits per heavy atom. The van der Waals surface area contributed by atoms with Crippen LogP contribution < -0.4 is 0 Å². The van der Waals surface area contributed by atoms with E-state index < -0.39 is 28.2 Å². The summed E-state index contributed by atoms with van der Waals surface area (Å²) in [6.45, 7) is 24.3. The van der Waals surface area contributed by atoms with Crippen LogP contribution in [0.5, 0.6) is 0 Å². The van der Waals surface area contributed by atoms with Crippen LogP contribution in [0.2, 0.25) is 36.3 Å². The molecule has 7 heteroatoms. The van der Waals surface area contributed by atoms with Crippen LogP contribution in [0.3, 0.4) is 0 Å². The molecule has 1 heterocycles. The average molecular weight is 417 g/mol. The summed E-state index contributed by atoms with van der Waals surface area (Å²) < 4.78 is 19.6. The topological polar surface area (TPSA) is 27.7 Å². The molecule has 4 atom stereocenters. The largest absolute Gasteiger partial charge is 0.409 e. The van der Waals surface area contributed by atoms with Crippen molar-refractivity contribution in [3.63, 3.8) is 0 Å². The summed E-state index contributed by atoms with van der Waals surface area (Å²) in [7, 11) is 2.29. The number of hydrogen-bond donors (Lipinski definition) is 0. The second kappa shape index (κ2) is 7.68. The maximum absolute atomic E-state index is 6.79. The zero-order valence-electron chi connectivity index (χ0n) is 18.6. The van der Waals surface area contributed by atoms with Gasteiger partial charge in [0.15, 0.2) is 16.6 Å². The Balaban J connectivity index is 3.30. The monoisotopic (exact) mass is 416 g/mol. The summed E-state index contributed by atoms with van der Waals surface area (Å²) in [6.07, 6.45) is 1.23. The molecule has 0 aromatic heterocycles. The molecule has 3 nitrogen and oxygen atoms in total. The highest BCUT2D eigenvalue weighted by molar-refractivity contribution is 6.74. The van der Waals surface area contributed by atoms with E-state index in [9.17, 15) is 0 Å². The van der Waals surface area contributed by atoms with Crippen LogP contribution in [0.1, 0.15) is 48.5 Å². The van der Waals surface area contributed by atoms with Gasteiger partial charge < -0.3 is 13.6 Å². The van der Waals surface area contributed by atoms with Gasteiger partial charge in [0.2, 0.25) is 0 Å². The van der Waals surface area contributed by atoms with Crippen molar-refractivity contribution in [1.29, 1.82) is 0 Å². The lowest BCUT2D eigenvalue weighted by Crippen LogP contribution is -2.56. The van der Waals surface area contributed by atoms with Gasteiger partial charge in [0.25, 0.3) is 0 Å². The Kier molecular flexibility index (Phi) is 7.22. The first-order valence-corrected chi connectivity index (χ1v) is 15.7. The van der Waals surface area contributed by atoms with Gasteiger partial charge in [-0.25, -0.2) is 0 Å². The number of halogens is 1.